The SMILES string of the molecule is CSCC[C@H](NC(=O)CNC(=O)[C@@H](N)Cc1c[nH]c2ccccc12)C(=O)N[C@@H](CCCCN)C(=O)N[C@@H](CCC(=O)O)C(=O)N[C@H](C(=O)O)[C@@H](C)O. The molecule has 2 rings (SSSR count). The summed E-state index contributed by atoms with van der Waals surface area (Å²) in [7, 11) is 0. The van der Waals surface area contributed by atoms with E-state index in [-0.39, 0.29) is 25.8 Å². The second-order valence-electron chi connectivity index (χ2n) is 12.2. The van der Waals surface area contributed by atoms with Gasteiger partial charge in [-0.05, 0) is 75.6 Å². The van der Waals surface area contributed by atoms with Gasteiger partial charge in [0.15, 0.2) is 6.04 Å². The van der Waals surface area contributed by atoms with E-state index in [0.29, 0.717) is 18.6 Å². The second-order valence-corrected chi connectivity index (χ2v) is 13.2. The summed E-state index contributed by atoms with van der Waals surface area (Å²) < 4.78 is 0. The van der Waals surface area contributed by atoms with Crippen molar-refractivity contribution in [3.63, 3.8) is 0 Å². The largest absolute Gasteiger partial charge is 0.481 e. The maximum absolute atomic E-state index is 13.5. The van der Waals surface area contributed by atoms with E-state index in [9.17, 15) is 48.9 Å². The molecule has 19 heteroatoms. The number of aromatic amines is 1. The van der Waals surface area contributed by atoms with Crippen LogP contribution in [0.15, 0.2) is 30.5 Å². The molecule has 0 aliphatic heterocycles. The van der Waals surface area contributed by atoms with Crippen LogP contribution in [0, 0.1) is 0 Å². The lowest BCUT2D eigenvalue weighted by molar-refractivity contribution is -0.145. The van der Waals surface area contributed by atoms with E-state index in [1.54, 1.807) is 12.5 Å². The summed E-state index contributed by atoms with van der Waals surface area (Å²) in [6, 6.07) is 0.912. The fraction of sp³-hybridized carbons (Fsp3) is 0.545. The average Bonchev–Trinajstić information content (AvgIpc) is 3.50. The van der Waals surface area contributed by atoms with Crippen molar-refractivity contribution in [1.29, 1.82) is 0 Å². The van der Waals surface area contributed by atoms with Crippen LogP contribution in [0.3, 0.4) is 0 Å². The Morgan fingerprint density at radius 1 is 0.846 bits per heavy atom. The quantitative estimate of drug-likeness (QED) is 0.0534. The number of thioether (sulfide) groups is 1. The number of fused-ring (bicyclic) bond motifs is 1. The van der Waals surface area contributed by atoms with Gasteiger partial charge in [-0.3, -0.25) is 28.8 Å². The molecule has 0 radical (unpaired) electrons. The van der Waals surface area contributed by atoms with Crippen molar-refractivity contribution in [2.45, 2.75) is 88.2 Å². The van der Waals surface area contributed by atoms with E-state index in [2.05, 4.69) is 31.6 Å². The van der Waals surface area contributed by atoms with Crippen LogP contribution in [0.4, 0.5) is 0 Å². The van der Waals surface area contributed by atoms with Gasteiger partial charge in [-0.25, -0.2) is 4.79 Å². The Morgan fingerprint density at radius 2 is 1.46 bits per heavy atom. The molecule has 0 saturated carbocycles. The zero-order chi connectivity index (χ0) is 38.8. The molecule has 0 aliphatic carbocycles. The topological polar surface area (TPSA) is 308 Å². The number of aliphatic hydroxyl groups is 1. The Balaban J connectivity index is 2.11. The third-order valence-corrected chi connectivity index (χ3v) is 8.69. The number of benzene rings is 1. The highest BCUT2D eigenvalue weighted by Gasteiger charge is 2.33. The zero-order valence-electron chi connectivity index (χ0n) is 29.2. The number of para-hydroxylation sites is 1. The summed E-state index contributed by atoms with van der Waals surface area (Å²) >= 11 is 1.40. The van der Waals surface area contributed by atoms with E-state index >= 15 is 0 Å². The van der Waals surface area contributed by atoms with Crippen LogP contribution in [0.25, 0.3) is 10.9 Å². The molecule has 52 heavy (non-hydrogen) atoms. The summed E-state index contributed by atoms with van der Waals surface area (Å²) in [6.45, 7) is 0.938. The number of aromatic nitrogens is 1. The maximum Gasteiger partial charge on any atom is 0.328 e. The molecule has 5 amide bonds. The lowest BCUT2D eigenvalue weighted by Crippen LogP contribution is -2.59. The first kappa shape index (κ1) is 43.4. The Bertz CT molecular complexity index is 1540. The first-order chi connectivity index (χ1) is 24.7. The molecule has 288 valence electrons. The second kappa shape index (κ2) is 22.3. The van der Waals surface area contributed by atoms with Crippen LogP contribution >= 0.6 is 11.8 Å². The smallest absolute Gasteiger partial charge is 0.328 e. The number of rotatable bonds is 24. The molecule has 1 aromatic heterocycles. The molecule has 0 spiro atoms. The fourth-order valence-electron chi connectivity index (χ4n) is 5.16. The van der Waals surface area contributed by atoms with Gasteiger partial charge in [0, 0.05) is 23.5 Å². The van der Waals surface area contributed by atoms with Gasteiger partial charge >= 0.3 is 11.9 Å². The molecule has 0 aliphatic rings. The van der Waals surface area contributed by atoms with Gasteiger partial charge in [-0.1, -0.05) is 18.2 Å². The number of carbonyl (C=O) groups excluding carboxylic acids is 5. The minimum Gasteiger partial charge on any atom is -0.481 e. The predicted molar refractivity (Wildman–Crippen MR) is 193 cm³/mol. The fourth-order valence-corrected chi connectivity index (χ4v) is 5.64. The molecular weight excluding hydrogens is 700 g/mol. The van der Waals surface area contributed by atoms with E-state index in [0.717, 1.165) is 23.4 Å². The summed E-state index contributed by atoms with van der Waals surface area (Å²) in [4.78, 5) is 91.4. The highest BCUT2D eigenvalue weighted by molar-refractivity contribution is 7.98. The van der Waals surface area contributed by atoms with Crippen LogP contribution < -0.4 is 38.1 Å². The average molecular weight is 751 g/mol. The maximum atomic E-state index is 13.5. The number of carboxylic acids is 2. The van der Waals surface area contributed by atoms with Crippen LogP contribution in [0.1, 0.15) is 51.0 Å². The minimum atomic E-state index is -1.74. The summed E-state index contributed by atoms with van der Waals surface area (Å²) in [5.41, 5.74) is 13.4. The normalized spacial score (nSPS) is 14.6. The van der Waals surface area contributed by atoms with Gasteiger partial charge in [0.2, 0.25) is 29.5 Å². The Labute approximate surface area is 305 Å². The van der Waals surface area contributed by atoms with Crippen LogP contribution in [0.5, 0.6) is 0 Å². The number of unbranched alkanes of at least 4 members (excludes halogenated alkanes) is 1. The molecule has 1 aromatic carbocycles. The van der Waals surface area contributed by atoms with Gasteiger partial charge < -0.3 is 58.4 Å². The summed E-state index contributed by atoms with van der Waals surface area (Å²) in [5, 5.41) is 41.4. The molecule has 6 atom stereocenters. The van der Waals surface area contributed by atoms with Crippen molar-refractivity contribution in [3.8, 4) is 0 Å². The standard InChI is InChI=1S/C33H50N8O10S/c1-18(42)28(33(50)51)41-32(49)24(10-11-27(44)45)40-30(47)23(9-5-6-13-34)39-31(48)25(12-14-52-2)38-26(43)17-37-29(46)21(35)15-19-16-36-22-8-4-3-7-20(19)22/h3-4,7-8,16,18,21,23-25,28,36,42H,5-6,9-15,17,34-35H2,1-2H3,(H,37,46)(H,38,43)(H,39,48)(H,40,47)(H,41,49)(H,44,45)(H,50,51)/t18-,21+,23+,24+,25+,28+/m1/s1. The number of H-pyrrole nitrogens is 1. The molecule has 13 N–H and O–H groups in total. The van der Waals surface area contributed by atoms with Gasteiger partial charge in [-0.2, -0.15) is 11.8 Å². The number of hydrogen-bond donors (Lipinski definition) is 11. The third-order valence-electron chi connectivity index (χ3n) is 8.04. The van der Waals surface area contributed by atoms with Gasteiger partial charge in [-0.15, -0.1) is 0 Å². The molecule has 2 aromatic rings. The highest BCUT2D eigenvalue weighted by atomic mass is 32.2. The predicted octanol–water partition coefficient (Wildman–Crippen LogP) is -1.69. The first-order valence-corrected chi connectivity index (χ1v) is 18.2. The summed E-state index contributed by atoms with van der Waals surface area (Å²) in [5.74, 6) is -6.31. The number of amides is 5. The monoisotopic (exact) mass is 750 g/mol. The molecule has 0 fully saturated rings. The molecular formula is C33H50N8O10S. The molecule has 0 saturated heterocycles. The number of nitrogens with one attached hydrogen (secondary N) is 6. The molecule has 18 nitrogen and oxygen atoms in total. The van der Waals surface area contributed by atoms with E-state index in [4.69, 9.17) is 11.5 Å². The Kier molecular flexibility index (Phi) is 18.6. The van der Waals surface area contributed by atoms with Gasteiger partial charge in [0.25, 0.3) is 0 Å². The van der Waals surface area contributed by atoms with E-state index in [1.807, 2.05) is 24.3 Å². The van der Waals surface area contributed by atoms with Crippen molar-refractivity contribution < 1.29 is 48.9 Å². The van der Waals surface area contributed by atoms with Gasteiger partial charge in [0.1, 0.15) is 18.1 Å². The van der Waals surface area contributed by atoms with Crippen LogP contribution in [-0.2, 0) is 40.0 Å². The molecule has 0 bridgehead atoms. The van der Waals surface area contributed by atoms with Crippen LogP contribution in [0.2, 0.25) is 0 Å². The number of aliphatic carboxylic acids is 2. The minimum absolute atomic E-state index is 0.0566. The molecule has 0 unspecified atom stereocenters. The number of carbonyl (C=O) groups is 7. The highest BCUT2D eigenvalue weighted by Crippen LogP contribution is 2.18. The lowest BCUT2D eigenvalue weighted by Gasteiger charge is -2.26. The van der Waals surface area contributed by atoms with Crippen molar-refractivity contribution in [2.24, 2.45) is 11.5 Å². The number of aliphatic hydroxyl groups excluding tert-OH is 1. The van der Waals surface area contributed by atoms with E-state index in [1.165, 1.54) is 11.8 Å². The lowest BCUT2D eigenvalue weighted by atomic mass is 10.0. The van der Waals surface area contributed by atoms with Crippen molar-refractivity contribution >= 4 is 64.1 Å². The number of hydrogen-bond acceptors (Lipinski definition) is 11. The van der Waals surface area contributed by atoms with Crippen LogP contribution in [-0.4, -0.2) is 123 Å². The Morgan fingerprint density at radius 3 is 2.06 bits per heavy atom. The number of carboxylic acid groups (broad SMARTS) is 2. The van der Waals surface area contributed by atoms with Gasteiger partial charge in [0.05, 0.1) is 18.7 Å². The zero-order valence-corrected chi connectivity index (χ0v) is 30.0. The van der Waals surface area contributed by atoms with Crippen molar-refractivity contribution in [3.05, 3.63) is 36.0 Å². The molecule has 1 heterocycles. The third kappa shape index (κ3) is 14.5. The van der Waals surface area contributed by atoms with Crippen molar-refractivity contribution in [1.82, 2.24) is 31.6 Å². The first-order valence-electron chi connectivity index (χ1n) is 16.8. The van der Waals surface area contributed by atoms with E-state index < -0.39 is 97.2 Å². The number of nitrogens with two attached hydrogens (primary N) is 2. The Hall–Kier alpha value is -4.72. The summed E-state index contributed by atoms with van der Waals surface area (Å²) in [6.07, 6.45) is 2.33. The van der Waals surface area contributed by atoms with Crippen molar-refractivity contribution in [2.75, 3.05) is 25.1 Å².